The number of hydrogen-bond acceptors (Lipinski definition) is 2. The fraction of sp³-hybridized carbons (Fsp3) is 0.684. The molecule has 1 aromatic rings. The standard InChI is InChI=1S/C19H34N2/c1-7-17-10-12-18(13-11-17)21(6)15-19(8-2,9-3)14-20-16(4)5/h10-13,16,20H,7-9,14-15H2,1-6H3. The average Bonchev–Trinajstić information content (AvgIpc) is 2.51. The lowest BCUT2D eigenvalue weighted by Crippen LogP contribution is -2.44. The zero-order valence-electron chi connectivity index (χ0n) is 14.9. The summed E-state index contributed by atoms with van der Waals surface area (Å²) < 4.78 is 0. The molecule has 0 unspecified atom stereocenters. The lowest BCUT2D eigenvalue weighted by atomic mass is 9.81. The summed E-state index contributed by atoms with van der Waals surface area (Å²) in [5, 5.41) is 3.64. The molecule has 0 aliphatic rings. The van der Waals surface area contributed by atoms with Crippen molar-refractivity contribution in [2.24, 2.45) is 5.41 Å². The SMILES string of the molecule is CCc1ccc(N(C)CC(CC)(CC)CNC(C)C)cc1. The van der Waals surface area contributed by atoms with Gasteiger partial charge in [0.1, 0.15) is 0 Å². The second-order valence-corrected chi connectivity index (χ2v) is 6.62. The van der Waals surface area contributed by atoms with Crippen molar-refractivity contribution < 1.29 is 0 Å². The predicted octanol–water partition coefficient (Wildman–Crippen LogP) is 4.49. The van der Waals surface area contributed by atoms with Crippen molar-refractivity contribution in [2.75, 3.05) is 25.0 Å². The zero-order chi connectivity index (χ0) is 15.9. The average molecular weight is 290 g/mol. The molecule has 21 heavy (non-hydrogen) atoms. The molecule has 1 rings (SSSR count). The fourth-order valence-electron chi connectivity index (χ4n) is 2.78. The molecular weight excluding hydrogens is 256 g/mol. The number of nitrogens with one attached hydrogen (secondary N) is 1. The highest BCUT2D eigenvalue weighted by Gasteiger charge is 2.28. The third-order valence-corrected chi connectivity index (χ3v) is 4.74. The van der Waals surface area contributed by atoms with E-state index in [9.17, 15) is 0 Å². The molecule has 0 aromatic heterocycles. The molecule has 0 amide bonds. The summed E-state index contributed by atoms with van der Waals surface area (Å²) in [5.41, 5.74) is 3.08. The second-order valence-electron chi connectivity index (χ2n) is 6.62. The van der Waals surface area contributed by atoms with Gasteiger partial charge in [0, 0.05) is 31.9 Å². The second kappa shape index (κ2) is 8.43. The summed E-state index contributed by atoms with van der Waals surface area (Å²) in [4.78, 5) is 2.41. The zero-order valence-corrected chi connectivity index (χ0v) is 14.9. The Hall–Kier alpha value is -1.02. The van der Waals surface area contributed by atoms with Crippen LogP contribution in [0, 0.1) is 5.41 Å². The Morgan fingerprint density at radius 1 is 1.05 bits per heavy atom. The molecule has 1 aromatic carbocycles. The van der Waals surface area contributed by atoms with Crippen molar-refractivity contribution in [3.8, 4) is 0 Å². The maximum absolute atomic E-state index is 3.64. The third kappa shape index (κ3) is 5.35. The van der Waals surface area contributed by atoms with E-state index in [4.69, 9.17) is 0 Å². The van der Waals surface area contributed by atoms with Crippen molar-refractivity contribution in [3.63, 3.8) is 0 Å². The minimum absolute atomic E-state index is 0.350. The monoisotopic (exact) mass is 290 g/mol. The van der Waals surface area contributed by atoms with E-state index in [1.165, 1.54) is 24.1 Å². The Bertz CT molecular complexity index is 391. The summed E-state index contributed by atoms with van der Waals surface area (Å²) in [5.74, 6) is 0. The van der Waals surface area contributed by atoms with E-state index >= 15 is 0 Å². The van der Waals surface area contributed by atoms with E-state index in [2.05, 4.69) is 76.1 Å². The molecule has 2 heteroatoms. The van der Waals surface area contributed by atoms with E-state index in [1.807, 2.05) is 0 Å². The van der Waals surface area contributed by atoms with Crippen molar-refractivity contribution in [1.82, 2.24) is 5.32 Å². The van der Waals surface area contributed by atoms with Crippen LogP contribution in [-0.2, 0) is 6.42 Å². The maximum atomic E-state index is 3.64. The number of hydrogen-bond donors (Lipinski definition) is 1. The minimum Gasteiger partial charge on any atom is -0.374 e. The Labute approximate surface area is 131 Å². The highest BCUT2D eigenvalue weighted by Crippen LogP contribution is 2.29. The predicted molar refractivity (Wildman–Crippen MR) is 95.2 cm³/mol. The van der Waals surface area contributed by atoms with Crippen LogP contribution in [-0.4, -0.2) is 26.2 Å². The normalized spacial score (nSPS) is 12.0. The van der Waals surface area contributed by atoms with Gasteiger partial charge in [0.05, 0.1) is 0 Å². The van der Waals surface area contributed by atoms with Crippen molar-refractivity contribution in [3.05, 3.63) is 29.8 Å². The highest BCUT2D eigenvalue weighted by atomic mass is 15.1. The summed E-state index contributed by atoms with van der Waals surface area (Å²) in [6, 6.07) is 9.56. The molecule has 0 atom stereocenters. The summed E-state index contributed by atoms with van der Waals surface area (Å²) in [6.45, 7) is 13.5. The molecule has 0 fully saturated rings. The van der Waals surface area contributed by atoms with Crippen LogP contribution < -0.4 is 10.2 Å². The van der Waals surface area contributed by atoms with E-state index < -0.39 is 0 Å². The first-order valence-corrected chi connectivity index (χ1v) is 8.49. The molecule has 0 radical (unpaired) electrons. The Balaban J connectivity index is 2.76. The van der Waals surface area contributed by atoms with E-state index in [0.29, 0.717) is 11.5 Å². The molecule has 120 valence electrons. The lowest BCUT2D eigenvalue weighted by molar-refractivity contribution is 0.248. The first-order valence-electron chi connectivity index (χ1n) is 8.49. The van der Waals surface area contributed by atoms with Crippen LogP contribution in [0.25, 0.3) is 0 Å². The number of rotatable bonds is 9. The summed E-state index contributed by atoms with van der Waals surface area (Å²) in [7, 11) is 2.22. The number of benzene rings is 1. The van der Waals surface area contributed by atoms with E-state index in [-0.39, 0.29) is 0 Å². The van der Waals surface area contributed by atoms with Crippen molar-refractivity contribution in [2.45, 2.75) is 59.9 Å². The molecule has 0 aliphatic heterocycles. The summed E-state index contributed by atoms with van der Waals surface area (Å²) >= 11 is 0. The molecule has 0 heterocycles. The van der Waals surface area contributed by atoms with Gasteiger partial charge in [0.15, 0.2) is 0 Å². The molecule has 0 saturated carbocycles. The van der Waals surface area contributed by atoms with Gasteiger partial charge in [-0.15, -0.1) is 0 Å². The highest BCUT2D eigenvalue weighted by molar-refractivity contribution is 5.47. The Kier molecular flexibility index (Phi) is 7.24. The number of anilines is 1. The van der Waals surface area contributed by atoms with E-state index in [0.717, 1.165) is 19.5 Å². The molecule has 0 aliphatic carbocycles. The lowest BCUT2D eigenvalue weighted by Gasteiger charge is -2.37. The first kappa shape index (κ1) is 18.0. The smallest absolute Gasteiger partial charge is 0.0363 e. The van der Waals surface area contributed by atoms with Crippen LogP contribution in [0.2, 0.25) is 0 Å². The van der Waals surface area contributed by atoms with Crippen LogP contribution in [0.5, 0.6) is 0 Å². The van der Waals surface area contributed by atoms with Gasteiger partial charge >= 0.3 is 0 Å². The van der Waals surface area contributed by atoms with Gasteiger partial charge in [-0.05, 0) is 42.4 Å². The minimum atomic E-state index is 0.350. The van der Waals surface area contributed by atoms with Gasteiger partial charge in [0.25, 0.3) is 0 Å². The van der Waals surface area contributed by atoms with Gasteiger partial charge in [-0.2, -0.15) is 0 Å². The first-order chi connectivity index (χ1) is 9.96. The van der Waals surface area contributed by atoms with Gasteiger partial charge in [0.2, 0.25) is 0 Å². The van der Waals surface area contributed by atoms with Crippen LogP contribution >= 0.6 is 0 Å². The summed E-state index contributed by atoms with van der Waals surface area (Å²) in [6.07, 6.45) is 3.53. The van der Waals surface area contributed by atoms with Crippen LogP contribution in [0.1, 0.15) is 53.0 Å². The van der Waals surface area contributed by atoms with E-state index in [1.54, 1.807) is 0 Å². The number of aryl methyl sites for hydroxylation is 1. The fourth-order valence-corrected chi connectivity index (χ4v) is 2.78. The van der Waals surface area contributed by atoms with Gasteiger partial charge in [-0.1, -0.05) is 46.8 Å². The molecule has 1 N–H and O–H groups in total. The van der Waals surface area contributed by atoms with Gasteiger partial charge in [-0.3, -0.25) is 0 Å². The number of nitrogens with zero attached hydrogens (tertiary/aromatic N) is 1. The molecule has 0 spiro atoms. The van der Waals surface area contributed by atoms with Crippen LogP contribution in [0.15, 0.2) is 24.3 Å². The van der Waals surface area contributed by atoms with Crippen LogP contribution in [0.4, 0.5) is 5.69 Å². The van der Waals surface area contributed by atoms with Crippen molar-refractivity contribution >= 4 is 5.69 Å². The van der Waals surface area contributed by atoms with Gasteiger partial charge in [-0.25, -0.2) is 0 Å². The maximum Gasteiger partial charge on any atom is 0.0363 e. The molecular formula is C19H34N2. The largest absolute Gasteiger partial charge is 0.374 e. The quantitative estimate of drug-likeness (QED) is 0.721. The van der Waals surface area contributed by atoms with Crippen LogP contribution in [0.3, 0.4) is 0 Å². The van der Waals surface area contributed by atoms with Gasteiger partial charge < -0.3 is 10.2 Å². The topological polar surface area (TPSA) is 15.3 Å². The molecule has 2 nitrogen and oxygen atoms in total. The molecule has 0 bridgehead atoms. The Morgan fingerprint density at radius 3 is 2.05 bits per heavy atom. The molecule has 0 saturated heterocycles. The third-order valence-electron chi connectivity index (χ3n) is 4.74. The van der Waals surface area contributed by atoms with Crippen molar-refractivity contribution in [1.29, 1.82) is 0 Å². The Morgan fingerprint density at radius 2 is 1.62 bits per heavy atom.